The van der Waals surface area contributed by atoms with Crippen LogP contribution in [0.3, 0.4) is 0 Å². The zero-order valence-corrected chi connectivity index (χ0v) is 12.4. The van der Waals surface area contributed by atoms with Crippen molar-refractivity contribution >= 4 is 0 Å². The molecule has 0 fully saturated rings. The first-order valence-electron chi connectivity index (χ1n) is 7.26. The highest BCUT2D eigenvalue weighted by Gasteiger charge is 2.17. The molecule has 104 valence electrons. The summed E-state index contributed by atoms with van der Waals surface area (Å²) in [6, 6.07) is 0. The van der Waals surface area contributed by atoms with E-state index in [9.17, 15) is 0 Å². The van der Waals surface area contributed by atoms with Crippen LogP contribution in [-0.4, -0.2) is 16.1 Å². The number of nitrogens with zero attached hydrogens (tertiary/aromatic N) is 2. The van der Waals surface area contributed by atoms with Crippen LogP contribution >= 0.6 is 0 Å². The van der Waals surface area contributed by atoms with Gasteiger partial charge in [-0.25, -0.2) is 4.98 Å². The molecule has 0 radical (unpaired) electrons. The molecule has 1 rings (SSSR count). The van der Waals surface area contributed by atoms with Crippen molar-refractivity contribution in [2.24, 2.45) is 17.6 Å². The lowest BCUT2D eigenvalue weighted by Gasteiger charge is -2.20. The number of aromatic nitrogens is 2. The summed E-state index contributed by atoms with van der Waals surface area (Å²) in [5.74, 6) is 1.80. The Morgan fingerprint density at radius 1 is 1.22 bits per heavy atom. The molecule has 0 aromatic carbocycles. The third-order valence-electron chi connectivity index (χ3n) is 3.61. The predicted octanol–water partition coefficient (Wildman–Crippen LogP) is 3.41. The minimum atomic E-state index is 0.428. The van der Waals surface area contributed by atoms with E-state index < -0.39 is 0 Å². The molecule has 1 atom stereocenters. The molecule has 0 bridgehead atoms. The molecule has 0 saturated carbocycles. The van der Waals surface area contributed by atoms with Crippen LogP contribution in [0.2, 0.25) is 0 Å². The normalized spacial score (nSPS) is 13.5. The van der Waals surface area contributed by atoms with E-state index in [1.807, 2.05) is 12.5 Å². The summed E-state index contributed by atoms with van der Waals surface area (Å²) in [5.41, 5.74) is 7.19. The van der Waals surface area contributed by atoms with Crippen molar-refractivity contribution in [2.45, 2.75) is 59.4 Å². The number of rotatable bonds is 8. The van der Waals surface area contributed by atoms with Crippen LogP contribution in [0.25, 0.3) is 0 Å². The molecule has 0 amide bonds. The lowest BCUT2D eigenvalue weighted by Crippen LogP contribution is -2.21. The molecule has 1 heterocycles. The van der Waals surface area contributed by atoms with Crippen molar-refractivity contribution in [3.05, 3.63) is 18.2 Å². The molecule has 3 heteroatoms. The van der Waals surface area contributed by atoms with E-state index >= 15 is 0 Å². The van der Waals surface area contributed by atoms with E-state index in [-0.39, 0.29) is 0 Å². The van der Waals surface area contributed by atoms with Crippen molar-refractivity contribution < 1.29 is 0 Å². The molecular weight excluding hydrogens is 222 g/mol. The molecule has 0 aliphatic heterocycles. The molecule has 2 N–H and O–H groups in total. The first-order valence-corrected chi connectivity index (χ1v) is 7.26. The maximum atomic E-state index is 5.89. The van der Waals surface area contributed by atoms with Crippen LogP contribution in [0.15, 0.2) is 12.5 Å². The van der Waals surface area contributed by atoms with Crippen LogP contribution in [0.1, 0.15) is 58.6 Å². The molecule has 0 spiro atoms. The SMILES string of the molecule is CC(C)CCCCn1cncc1C(CN)C(C)C. The minimum Gasteiger partial charge on any atom is -0.334 e. The lowest BCUT2D eigenvalue weighted by molar-refractivity contribution is 0.456. The van der Waals surface area contributed by atoms with Crippen LogP contribution in [0.5, 0.6) is 0 Å². The number of hydrogen-bond donors (Lipinski definition) is 1. The van der Waals surface area contributed by atoms with Crippen molar-refractivity contribution in [1.29, 1.82) is 0 Å². The Morgan fingerprint density at radius 3 is 2.50 bits per heavy atom. The van der Waals surface area contributed by atoms with Gasteiger partial charge in [-0.15, -0.1) is 0 Å². The summed E-state index contributed by atoms with van der Waals surface area (Å²) in [5, 5.41) is 0. The molecule has 1 aromatic rings. The Bertz CT molecular complexity index is 328. The van der Waals surface area contributed by atoms with Gasteiger partial charge in [0.05, 0.1) is 6.33 Å². The summed E-state index contributed by atoms with van der Waals surface area (Å²) in [6.07, 6.45) is 7.78. The summed E-state index contributed by atoms with van der Waals surface area (Å²) in [6.45, 7) is 10.8. The Labute approximate surface area is 112 Å². The van der Waals surface area contributed by atoms with Crippen LogP contribution in [0, 0.1) is 11.8 Å². The van der Waals surface area contributed by atoms with Gasteiger partial charge in [0, 0.05) is 30.9 Å². The molecule has 0 aliphatic carbocycles. The second-order valence-electron chi connectivity index (χ2n) is 5.99. The van der Waals surface area contributed by atoms with E-state index in [4.69, 9.17) is 5.73 Å². The highest BCUT2D eigenvalue weighted by atomic mass is 15.0. The highest BCUT2D eigenvalue weighted by molar-refractivity contribution is 5.08. The quantitative estimate of drug-likeness (QED) is 0.720. The fourth-order valence-corrected chi connectivity index (χ4v) is 2.40. The van der Waals surface area contributed by atoms with Gasteiger partial charge in [-0.05, 0) is 18.3 Å². The Balaban J connectivity index is 2.54. The van der Waals surface area contributed by atoms with Gasteiger partial charge in [0.15, 0.2) is 0 Å². The first kappa shape index (κ1) is 15.2. The van der Waals surface area contributed by atoms with Crippen molar-refractivity contribution in [3.8, 4) is 0 Å². The van der Waals surface area contributed by atoms with Gasteiger partial charge in [-0.2, -0.15) is 0 Å². The van der Waals surface area contributed by atoms with Crippen LogP contribution in [-0.2, 0) is 6.54 Å². The van der Waals surface area contributed by atoms with Gasteiger partial charge >= 0.3 is 0 Å². The number of aryl methyl sites for hydroxylation is 1. The average molecular weight is 251 g/mol. The van der Waals surface area contributed by atoms with Gasteiger partial charge in [-0.3, -0.25) is 0 Å². The van der Waals surface area contributed by atoms with E-state index in [2.05, 4.69) is 37.2 Å². The summed E-state index contributed by atoms with van der Waals surface area (Å²) in [4.78, 5) is 4.29. The fourth-order valence-electron chi connectivity index (χ4n) is 2.40. The maximum Gasteiger partial charge on any atom is 0.0948 e. The molecule has 1 aromatic heterocycles. The lowest BCUT2D eigenvalue weighted by atomic mass is 9.93. The third kappa shape index (κ3) is 4.45. The number of unbranched alkanes of at least 4 members (excludes halogenated alkanes) is 1. The zero-order chi connectivity index (χ0) is 13.5. The Morgan fingerprint density at radius 2 is 1.94 bits per heavy atom. The second-order valence-corrected chi connectivity index (χ2v) is 5.99. The second kappa shape index (κ2) is 7.57. The smallest absolute Gasteiger partial charge is 0.0948 e. The van der Waals surface area contributed by atoms with Crippen molar-refractivity contribution in [2.75, 3.05) is 6.54 Å². The summed E-state index contributed by atoms with van der Waals surface area (Å²) in [7, 11) is 0. The number of hydrogen-bond acceptors (Lipinski definition) is 2. The minimum absolute atomic E-state index is 0.428. The molecule has 1 unspecified atom stereocenters. The third-order valence-corrected chi connectivity index (χ3v) is 3.61. The zero-order valence-electron chi connectivity index (χ0n) is 12.4. The van der Waals surface area contributed by atoms with Crippen molar-refractivity contribution in [3.63, 3.8) is 0 Å². The molecule has 0 saturated heterocycles. The summed E-state index contributed by atoms with van der Waals surface area (Å²) >= 11 is 0. The molecule has 3 nitrogen and oxygen atoms in total. The fraction of sp³-hybridized carbons (Fsp3) is 0.800. The molecular formula is C15H29N3. The number of imidazole rings is 1. The monoisotopic (exact) mass is 251 g/mol. The largest absolute Gasteiger partial charge is 0.334 e. The maximum absolute atomic E-state index is 5.89. The summed E-state index contributed by atoms with van der Waals surface area (Å²) < 4.78 is 2.29. The standard InChI is InChI=1S/C15H29N3/c1-12(2)7-5-6-8-18-11-17-10-15(18)14(9-16)13(3)4/h10-14H,5-9,16H2,1-4H3. The average Bonchev–Trinajstić information content (AvgIpc) is 2.73. The first-order chi connectivity index (χ1) is 8.56. The number of nitrogens with two attached hydrogens (primary N) is 1. The Hall–Kier alpha value is -0.830. The van der Waals surface area contributed by atoms with Gasteiger partial charge in [-0.1, -0.05) is 40.5 Å². The predicted molar refractivity (Wildman–Crippen MR) is 77.5 cm³/mol. The Kier molecular flexibility index (Phi) is 6.41. The van der Waals surface area contributed by atoms with E-state index in [0.717, 1.165) is 12.5 Å². The molecule has 18 heavy (non-hydrogen) atoms. The van der Waals surface area contributed by atoms with Crippen molar-refractivity contribution in [1.82, 2.24) is 9.55 Å². The topological polar surface area (TPSA) is 43.8 Å². The highest BCUT2D eigenvalue weighted by Crippen LogP contribution is 2.23. The van der Waals surface area contributed by atoms with Crippen LogP contribution in [0.4, 0.5) is 0 Å². The van der Waals surface area contributed by atoms with E-state index in [1.165, 1.54) is 25.0 Å². The van der Waals surface area contributed by atoms with E-state index in [0.29, 0.717) is 18.4 Å². The van der Waals surface area contributed by atoms with Gasteiger partial charge < -0.3 is 10.3 Å². The van der Waals surface area contributed by atoms with E-state index in [1.54, 1.807) is 0 Å². The van der Waals surface area contributed by atoms with Crippen LogP contribution < -0.4 is 5.73 Å². The van der Waals surface area contributed by atoms with Gasteiger partial charge in [0.2, 0.25) is 0 Å². The van der Waals surface area contributed by atoms with Gasteiger partial charge in [0.25, 0.3) is 0 Å². The molecule has 0 aliphatic rings. The van der Waals surface area contributed by atoms with Gasteiger partial charge in [0.1, 0.15) is 0 Å².